The van der Waals surface area contributed by atoms with E-state index in [4.69, 9.17) is 4.98 Å². The van der Waals surface area contributed by atoms with Gasteiger partial charge >= 0.3 is 0 Å². The van der Waals surface area contributed by atoms with Crippen molar-refractivity contribution in [1.82, 2.24) is 19.9 Å². The second kappa shape index (κ2) is 11.1. The van der Waals surface area contributed by atoms with Gasteiger partial charge in [0.05, 0.1) is 6.10 Å². The minimum atomic E-state index is -0.168. The van der Waals surface area contributed by atoms with Crippen LogP contribution in [0.3, 0.4) is 0 Å². The van der Waals surface area contributed by atoms with Crippen molar-refractivity contribution in [2.24, 2.45) is 0 Å². The molecule has 1 aliphatic rings. The third-order valence-corrected chi connectivity index (χ3v) is 6.75. The highest BCUT2D eigenvalue weighted by Gasteiger charge is 2.24. The van der Waals surface area contributed by atoms with Crippen LogP contribution in [0.15, 0.2) is 36.7 Å². The Kier molecular flexibility index (Phi) is 7.99. The van der Waals surface area contributed by atoms with E-state index in [1.165, 1.54) is 16.7 Å². The van der Waals surface area contributed by atoms with E-state index in [-0.39, 0.29) is 6.10 Å². The summed E-state index contributed by atoms with van der Waals surface area (Å²) in [6.45, 7) is 8.50. The van der Waals surface area contributed by atoms with Crippen LogP contribution in [0.4, 0.5) is 5.95 Å². The van der Waals surface area contributed by atoms with Crippen molar-refractivity contribution in [2.45, 2.75) is 90.4 Å². The summed E-state index contributed by atoms with van der Waals surface area (Å²) in [6.07, 6.45) is 11.1. The van der Waals surface area contributed by atoms with Crippen molar-refractivity contribution in [3.8, 4) is 11.1 Å². The third-order valence-electron chi connectivity index (χ3n) is 6.75. The van der Waals surface area contributed by atoms with Gasteiger partial charge in [0.15, 0.2) is 0 Å². The number of aliphatic hydroxyl groups excluding tert-OH is 1. The monoisotopic (exact) mass is 449 g/mol. The largest absolute Gasteiger partial charge is 0.393 e. The first-order chi connectivity index (χ1) is 16.1. The van der Waals surface area contributed by atoms with Crippen molar-refractivity contribution < 1.29 is 5.11 Å². The van der Waals surface area contributed by atoms with Crippen molar-refractivity contribution in [3.05, 3.63) is 42.2 Å². The Bertz CT molecular complexity index is 1020. The average Bonchev–Trinajstić information content (AvgIpc) is 3.19. The molecule has 1 unspecified atom stereocenters. The molecule has 1 atom stereocenters. The molecule has 2 heterocycles. The average molecular weight is 450 g/mol. The molecule has 6 heteroatoms. The molecule has 0 aliphatic heterocycles. The zero-order valence-corrected chi connectivity index (χ0v) is 20.3. The van der Waals surface area contributed by atoms with Crippen LogP contribution in [-0.2, 0) is 6.54 Å². The number of aliphatic hydroxyl groups is 1. The van der Waals surface area contributed by atoms with Gasteiger partial charge in [-0.1, -0.05) is 44.5 Å². The number of aromatic nitrogens is 3. The Morgan fingerprint density at radius 3 is 2.55 bits per heavy atom. The molecular formula is C27H39N5O. The molecular weight excluding hydrogens is 410 g/mol. The highest BCUT2D eigenvalue weighted by atomic mass is 16.3. The van der Waals surface area contributed by atoms with Crippen LogP contribution in [0, 0.1) is 0 Å². The molecule has 3 N–H and O–H groups in total. The van der Waals surface area contributed by atoms with Crippen LogP contribution in [-0.4, -0.2) is 38.3 Å². The van der Waals surface area contributed by atoms with Crippen molar-refractivity contribution in [3.63, 3.8) is 0 Å². The first-order valence-corrected chi connectivity index (χ1v) is 12.7. The van der Waals surface area contributed by atoms with Gasteiger partial charge in [-0.05, 0) is 63.1 Å². The summed E-state index contributed by atoms with van der Waals surface area (Å²) in [5.41, 5.74) is 4.65. The van der Waals surface area contributed by atoms with Gasteiger partial charge in [-0.25, -0.2) is 4.98 Å². The number of nitrogens with one attached hydrogen (secondary N) is 2. The van der Waals surface area contributed by atoms with E-state index in [1.807, 2.05) is 6.20 Å². The molecule has 0 amide bonds. The van der Waals surface area contributed by atoms with Gasteiger partial charge in [0, 0.05) is 42.0 Å². The molecule has 0 saturated heterocycles. The molecule has 0 spiro atoms. The molecule has 1 aromatic carbocycles. The van der Waals surface area contributed by atoms with Gasteiger partial charge < -0.3 is 20.3 Å². The van der Waals surface area contributed by atoms with Gasteiger partial charge in [0.2, 0.25) is 5.95 Å². The van der Waals surface area contributed by atoms with Crippen LogP contribution in [0.25, 0.3) is 22.2 Å². The van der Waals surface area contributed by atoms with Gasteiger partial charge in [-0.2, -0.15) is 4.98 Å². The van der Waals surface area contributed by atoms with E-state index in [2.05, 4.69) is 71.4 Å². The maximum absolute atomic E-state index is 10.0. The van der Waals surface area contributed by atoms with Crippen LogP contribution < -0.4 is 10.6 Å². The summed E-state index contributed by atoms with van der Waals surface area (Å²) >= 11 is 0. The fourth-order valence-corrected chi connectivity index (χ4v) is 4.88. The quantitative estimate of drug-likeness (QED) is 0.348. The second-order valence-electron chi connectivity index (χ2n) is 9.55. The Balaban J connectivity index is 1.67. The Morgan fingerprint density at radius 2 is 1.85 bits per heavy atom. The molecule has 33 heavy (non-hydrogen) atoms. The van der Waals surface area contributed by atoms with Gasteiger partial charge in [-0.3, -0.25) is 0 Å². The summed E-state index contributed by atoms with van der Waals surface area (Å²) in [5, 5.41) is 18.0. The normalized spacial score (nSPS) is 19.6. The smallest absolute Gasteiger partial charge is 0.224 e. The predicted octanol–water partition coefficient (Wildman–Crippen LogP) is 5.67. The molecule has 1 saturated carbocycles. The third kappa shape index (κ3) is 5.74. The zero-order valence-electron chi connectivity index (χ0n) is 20.3. The van der Waals surface area contributed by atoms with Gasteiger partial charge in [0.25, 0.3) is 0 Å². The second-order valence-corrected chi connectivity index (χ2v) is 9.55. The highest BCUT2D eigenvalue weighted by Crippen LogP contribution is 2.36. The standard InChI is InChI=1S/C27H39N5O/c1-4-6-19(3)30-27-29-17-24-25(21-9-7-20(8-10-21)16-28-15-5-2)18-32(26(24)31-27)22-11-13-23(33)14-12-22/h7-10,17-19,22-23,28,33H,4-6,11-16H2,1-3H3,(H,29,30,31). The Morgan fingerprint density at radius 1 is 1.09 bits per heavy atom. The molecule has 3 aromatic rings. The highest BCUT2D eigenvalue weighted by molar-refractivity contribution is 5.94. The minimum Gasteiger partial charge on any atom is -0.393 e. The first-order valence-electron chi connectivity index (χ1n) is 12.7. The molecule has 1 fully saturated rings. The lowest BCUT2D eigenvalue weighted by Gasteiger charge is -2.27. The summed E-state index contributed by atoms with van der Waals surface area (Å²) < 4.78 is 2.34. The number of hydrogen-bond acceptors (Lipinski definition) is 5. The number of rotatable bonds is 10. The van der Waals surface area contributed by atoms with E-state index in [1.54, 1.807) is 0 Å². The van der Waals surface area contributed by atoms with Crippen molar-refractivity contribution >= 4 is 17.0 Å². The van der Waals surface area contributed by atoms with E-state index in [0.29, 0.717) is 18.0 Å². The SMILES string of the molecule is CCCNCc1ccc(-c2cn(C3CCC(O)CC3)c3nc(NC(C)CCC)ncc23)cc1. The molecule has 2 aromatic heterocycles. The van der Waals surface area contributed by atoms with Gasteiger partial charge in [-0.15, -0.1) is 0 Å². The van der Waals surface area contributed by atoms with E-state index in [9.17, 15) is 5.11 Å². The van der Waals surface area contributed by atoms with Crippen LogP contribution in [0.1, 0.15) is 77.3 Å². The lowest BCUT2D eigenvalue weighted by Crippen LogP contribution is -2.21. The zero-order chi connectivity index (χ0) is 23.2. The van der Waals surface area contributed by atoms with E-state index >= 15 is 0 Å². The molecule has 6 nitrogen and oxygen atoms in total. The topological polar surface area (TPSA) is 75.0 Å². The number of hydrogen-bond donors (Lipinski definition) is 3. The lowest BCUT2D eigenvalue weighted by atomic mass is 9.93. The summed E-state index contributed by atoms with van der Waals surface area (Å²) in [7, 11) is 0. The summed E-state index contributed by atoms with van der Waals surface area (Å²) in [5.74, 6) is 0.697. The van der Waals surface area contributed by atoms with Crippen LogP contribution in [0.2, 0.25) is 0 Å². The molecule has 1 aliphatic carbocycles. The predicted molar refractivity (Wildman–Crippen MR) is 136 cm³/mol. The van der Waals surface area contributed by atoms with Crippen LogP contribution in [0.5, 0.6) is 0 Å². The lowest BCUT2D eigenvalue weighted by molar-refractivity contribution is 0.111. The van der Waals surface area contributed by atoms with Crippen molar-refractivity contribution in [1.29, 1.82) is 0 Å². The molecule has 0 radical (unpaired) electrons. The number of fused-ring (bicyclic) bond motifs is 1. The maximum atomic E-state index is 10.0. The van der Waals surface area contributed by atoms with E-state index in [0.717, 1.165) is 69.1 Å². The van der Waals surface area contributed by atoms with Crippen molar-refractivity contribution in [2.75, 3.05) is 11.9 Å². The fourth-order valence-electron chi connectivity index (χ4n) is 4.88. The molecule has 178 valence electrons. The fraction of sp³-hybridized carbons (Fsp3) is 0.556. The number of nitrogens with zero attached hydrogens (tertiary/aromatic N) is 3. The van der Waals surface area contributed by atoms with E-state index < -0.39 is 0 Å². The summed E-state index contributed by atoms with van der Waals surface area (Å²) in [4.78, 5) is 9.64. The first kappa shape index (κ1) is 23.7. The molecule has 4 rings (SSSR count). The molecule has 0 bridgehead atoms. The Labute approximate surface area is 197 Å². The van der Waals surface area contributed by atoms with Gasteiger partial charge in [0.1, 0.15) is 5.65 Å². The number of anilines is 1. The Hall–Kier alpha value is -2.44. The minimum absolute atomic E-state index is 0.168. The van der Waals surface area contributed by atoms with Crippen LogP contribution >= 0.6 is 0 Å². The maximum Gasteiger partial charge on any atom is 0.224 e. The summed E-state index contributed by atoms with van der Waals surface area (Å²) in [6, 6.07) is 9.54. The number of benzene rings is 1.